The SMILES string of the molecule is Cc1c(C(=O)N2C[C@H](F)[C@H]2C)cn2nccc(Oc3ccc4c(c3)OCCN4C(N)=O)c12. The second-order valence-electron chi connectivity index (χ2n) is 7.94. The quantitative estimate of drug-likeness (QED) is 0.676. The van der Waals surface area contributed by atoms with Crippen molar-refractivity contribution in [3.63, 3.8) is 0 Å². The van der Waals surface area contributed by atoms with E-state index in [0.29, 0.717) is 52.7 Å². The van der Waals surface area contributed by atoms with Gasteiger partial charge in [-0.25, -0.2) is 13.7 Å². The molecule has 2 aromatic heterocycles. The minimum absolute atomic E-state index is 0.0971. The van der Waals surface area contributed by atoms with Crippen LogP contribution >= 0.6 is 0 Å². The maximum atomic E-state index is 13.6. The number of halogens is 1. The minimum atomic E-state index is -0.995. The molecule has 2 atom stereocenters. The summed E-state index contributed by atoms with van der Waals surface area (Å²) in [6.07, 6.45) is 2.22. The van der Waals surface area contributed by atoms with E-state index in [1.807, 2.05) is 6.92 Å². The summed E-state index contributed by atoms with van der Waals surface area (Å²) >= 11 is 0. The highest BCUT2D eigenvalue weighted by Gasteiger charge is 2.40. The first kappa shape index (κ1) is 20.1. The Morgan fingerprint density at radius 2 is 2.12 bits per heavy atom. The molecule has 0 spiro atoms. The average molecular weight is 439 g/mol. The van der Waals surface area contributed by atoms with Crippen molar-refractivity contribution in [3.05, 3.63) is 47.8 Å². The van der Waals surface area contributed by atoms with Crippen LogP contribution in [0.3, 0.4) is 0 Å². The summed E-state index contributed by atoms with van der Waals surface area (Å²) in [6, 6.07) is 5.84. The molecule has 1 aromatic carbocycles. The van der Waals surface area contributed by atoms with Crippen LogP contribution in [0.5, 0.6) is 17.2 Å². The van der Waals surface area contributed by atoms with Gasteiger partial charge in [-0.1, -0.05) is 0 Å². The number of hydrogen-bond acceptors (Lipinski definition) is 5. The molecule has 32 heavy (non-hydrogen) atoms. The van der Waals surface area contributed by atoms with Crippen LogP contribution in [0.15, 0.2) is 36.7 Å². The number of alkyl halides is 1. The fraction of sp³-hybridized carbons (Fsp3) is 0.318. The van der Waals surface area contributed by atoms with Crippen LogP contribution in [-0.4, -0.2) is 58.4 Å². The molecule has 0 radical (unpaired) electrons. The van der Waals surface area contributed by atoms with Gasteiger partial charge in [0.15, 0.2) is 5.75 Å². The number of hydrogen-bond donors (Lipinski definition) is 1. The van der Waals surface area contributed by atoms with Crippen LogP contribution in [0.4, 0.5) is 14.9 Å². The van der Waals surface area contributed by atoms with Crippen LogP contribution in [0, 0.1) is 6.92 Å². The number of nitrogens with two attached hydrogens (primary N) is 1. The highest BCUT2D eigenvalue weighted by atomic mass is 19.1. The van der Waals surface area contributed by atoms with Gasteiger partial charge in [0.1, 0.15) is 29.8 Å². The topological polar surface area (TPSA) is 102 Å². The van der Waals surface area contributed by atoms with E-state index >= 15 is 0 Å². The lowest BCUT2D eigenvalue weighted by atomic mass is 10.0. The number of rotatable bonds is 3. The highest BCUT2D eigenvalue weighted by Crippen LogP contribution is 2.38. The number of carbonyl (C=O) groups excluding carboxylic acids is 2. The fourth-order valence-corrected chi connectivity index (χ4v) is 4.13. The molecule has 3 amide bonds. The van der Waals surface area contributed by atoms with Crippen molar-refractivity contribution in [2.45, 2.75) is 26.1 Å². The molecular weight excluding hydrogens is 417 g/mol. The van der Waals surface area contributed by atoms with E-state index in [9.17, 15) is 14.0 Å². The number of likely N-dealkylation sites (tertiary alicyclic amines) is 1. The molecule has 9 nitrogen and oxygen atoms in total. The molecule has 166 valence electrons. The molecular formula is C22H22FN5O4. The first-order chi connectivity index (χ1) is 15.3. The van der Waals surface area contributed by atoms with Crippen LogP contribution < -0.4 is 20.1 Å². The third-order valence-corrected chi connectivity index (χ3v) is 6.06. The van der Waals surface area contributed by atoms with Gasteiger partial charge < -0.3 is 20.1 Å². The number of carbonyl (C=O) groups is 2. The smallest absolute Gasteiger partial charge is 0.319 e. The van der Waals surface area contributed by atoms with Crippen LogP contribution in [-0.2, 0) is 0 Å². The van der Waals surface area contributed by atoms with Gasteiger partial charge in [0.05, 0.1) is 36.6 Å². The van der Waals surface area contributed by atoms with Crippen molar-refractivity contribution in [1.82, 2.24) is 14.5 Å². The number of benzene rings is 1. The summed E-state index contributed by atoms with van der Waals surface area (Å²) in [6.45, 7) is 4.32. The van der Waals surface area contributed by atoms with Crippen LogP contribution in [0.1, 0.15) is 22.8 Å². The van der Waals surface area contributed by atoms with Crippen molar-refractivity contribution in [2.24, 2.45) is 5.73 Å². The Hall–Kier alpha value is -3.82. The molecule has 1 fully saturated rings. The summed E-state index contributed by atoms with van der Waals surface area (Å²) in [5.74, 6) is 1.26. The maximum Gasteiger partial charge on any atom is 0.319 e. The highest BCUT2D eigenvalue weighted by molar-refractivity contribution is 5.99. The van der Waals surface area contributed by atoms with Crippen molar-refractivity contribution in [2.75, 3.05) is 24.6 Å². The number of primary amides is 1. The number of urea groups is 1. The Labute approximate surface area is 183 Å². The molecule has 4 heterocycles. The molecule has 0 bridgehead atoms. The predicted molar refractivity (Wildman–Crippen MR) is 114 cm³/mol. The lowest BCUT2D eigenvalue weighted by Crippen LogP contribution is -2.58. The minimum Gasteiger partial charge on any atom is -0.489 e. The fourth-order valence-electron chi connectivity index (χ4n) is 4.13. The van der Waals surface area contributed by atoms with Gasteiger partial charge in [-0.05, 0) is 31.5 Å². The summed E-state index contributed by atoms with van der Waals surface area (Å²) in [5.41, 5.74) is 7.81. The van der Waals surface area contributed by atoms with Gasteiger partial charge in [0, 0.05) is 18.3 Å². The number of aryl methyl sites for hydroxylation is 1. The molecule has 2 N–H and O–H groups in total. The summed E-state index contributed by atoms with van der Waals surface area (Å²) < 4.78 is 26.9. The number of anilines is 1. The predicted octanol–water partition coefficient (Wildman–Crippen LogP) is 2.89. The Morgan fingerprint density at radius 3 is 2.84 bits per heavy atom. The van der Waals surface area contributed by atoms with E-state index in [1.165, 1.54) is 9.80 Å². The number of amides is 3. The second-order valence-corrected chi connectivity index (χ2v) is 7.94. The Morgan fingerprint density at radius 1 is 1.31 bits per heavy atom. The van der Waals surface area contributed by atoms with Gasteiger partial charge in [0.2, 0.25) is 0 Å². The monoisotopic (exact) mass is 439 g/mol. The zero-order valence-corrected chi connectivity index (χ0v) is 17.6. The largest absolute Gasteiger partial charge is 0.489 e. The molecule has 0 aliphatic carbocycles. The van der Waals surface area contributed by atoms with Crippen LogP contribution in [0.2, 0.25) is 0 Å². The Balaban J connectivity index is 1.47. The number of fused-ring (bicyclic) bond motifs is 2. The lowest BCUT2D eigenvalue weighted by molar-refractivity contribution is 0.00638. The Bertz CT molecular complexity index is 1240. The second kappa shape index (κ2) is 7.40. The first-order valence-corrected chi connectivity index (χ1v) is 10.3. The van der Waals surface area contributed by atoms with E-state index < -0.39 is 18.2 Å². The van der Waals surface area contributed by atoms with Crippen LogP contribution in [0.25, 0.3) is 5.52 Å². The molecule has 2 aliphatic heterocycles. The zero-order valence-electron chi connectivity index (χ0n) is 17.6. The third kappa shape index (κ3) is 3.10. The summed E-state index contributed by atoms with van der Waals surface area (Å²) in [7, 11) is 0. The molecule has 5 rings (SSSR count). The van der Waals surface area contributed by atoms with Crippen molar-refractivity contribution >= 4 is 23.1 Å². The average Bonchev–Trinajstić information content (AvgIpc) is 3.13. The van der Waals surface area contributed by atoms with E-state index in [4.69, 9.17) is 15.2 Å². The normalized spacial score (nSPS) is 19.8. The number of aromatic nitrogens is 2. The zero-order chi connectivity index (χ0) is 22.6. The van der Waals surface area contributed by atoms with Crippen molar-refractivity contribution in [3.8, 4) is 17.2 Å². The summed E-state index contributed by atoms with van der Waals surface area (Å²) in [5, 5.41) is 4.29. The molecule has 2 aliphatic rings. The van der Waals surface area contributed by atoms with Crippen molar-refractivity contribution in [1.29, 1.82) is 0 Å². The van der Waals surface area contributed by atoms with Gasteiger partial charge in [-0.3, -0.25) is 9.69 Å². The third-order valence-electron chi connectivity index (χ3n) is 6.06. The van der Waals surface area contributed by atoms with E-state index in [0.717, 1.165) is 0 Å². The van der Waals surface area contributed by atoms with Gasteiger partial charge in [-0.15, -0.1) is 0 Å². The maximum absolute atomic E-state index is 13.6. The first-order valence-electron chi connectivity index (χ1n) is 10.3. The van der Waals surface area contributed by atoms with Crippen molar-refractivity contribution < 1.29 is 23.5 Å². The molecule has 10 heteroatoms. The molecule has 3 aromatic rings. The molecule has 1 saturated heterocycles. The molecule has 0 saturated carbocycles. The van der Waals surface area contributed by atoms with E-state index in [2.05, 4.69) is 5.10 Å². The van der Waals surface area contributed by atoms with Gasteiger partial charge >= 0.3 is 6.03 Å². The Kier molecular flexibility index (Phi) is 4.65. The standard InChI is InChI=1S/C22H22FN5O4/c1-12-15(21(29)27-11-16(23)13(27)2)10-28-20(12)18(5-6-25-28)32-14-3-4-17-19(9-14)31-8-7-26(17)22(24)30/h3-6,9-10,13,16H,7-8,11H2,1-2H3,(H2,24,30)/t13-,16+/m1/s1. The number of nitrogens with zero attached hydrogens (tertiary/aromatic N) is 4. The molecule has 0 unspecified atom stereocenters. The number of ether oxygens (including phenoxy) is 2. The van der Waals surface area contributed by atoms with E-state index in [1.54, 1.807) is 48.1 Å². The van der Waals surface area contributed by atoms with Gasteiger partial charge in [-0.2, -0.15) is 5.10 Å². The van der Waals surface area contributed by atoms with E-state index in [-0.39, 0.29) is 12.5 Å². The lowest BCUT2D eigenvalue weighted by Gasteiger charge is -2.41. The van der Waals surface area contributed by atoms with Gasteiger partial charge in [0.25, 0.3) is 5.91 Å². The summed E-state index contributed by atoms with van der Waals surface area (Å²) in [4.78, 5) is 27.5.